The van der Waals surface area contributed by atoms with E-state index in [1.165, 1.54) is 23.3 Å². The van der Waals surface area contributed by atoms with E-state index >= 15 is 0 Å². The van der Waals surface area contributed by atoms with Crippen molar-refractivity contribution in [3.05, 3.63) is 82.4 Å². The molecule has 1 aromatic heterocycles. The number of hydrogen-bond donors (Lipinski definition) is 1. The van der Waals surface area contributed by atoms with Crippen LogP contribution in [0.3, 0.4) is 0 Å². The molecule has 0 saturated carbocycles. The van der Waals surface area contributed by atoms with Crippen molar-refractivity contribution < 1.29 is 4.39 Å². The van der Waals surface area contributed by atoms with Crippen molar-refractivity contribution in [2.75, 3.05) is 5.43 Å². The van der Waals surface area contributed by atoms with Gasteiger partial charge in [0.2, 0.25) is 0 Å². The van der Waals surface area contributed by atoms with Gasteiger partial charge in [0, 0.05) is 11.3 Å². The molecule has 0 unspecified atom stereocenters. The van der Waals surface area contributed by atoms with Crippen LogP contribution in [0.5, 0.6) is 0 Å². The molecule has 0 radical (unpaired) electrons. The molecule has 0 atom stereocenters. The Balaban J connectivity index is 1.73. The fourth-order valence-corrected chi connectivity index (χ4v) is 2.61. The van der Waals surface area contributed by atoms with E-state index < -0.39 is 0 Å². The third-order valence-electron chi connectivity index (χ3n) is 4.12. The molecule has 0 aliphatic carbocycles. The molecule has 25 heavy (non-hydrogen) atoms. The highest BCUT2D eigenvalue weighted by atomic mass is 19.1. The lowest BCUT2D eigenvalue weighted by Gasteiger charge is -2.05. The Kier molecular flexibility index (Phi) is 4.93. The molecule has 2 aromatic carbocycles. The smallest absolute Gasteiger partial charge is 0.123 e. The maximum absolute atomic E-state index is 12.9. The summed E-state index contributed by atoms with van der Waals surface area (Å²) in [5.74, 6) is -0.265. The van der Waals surface area contributed by atoms with E-state index in [2.05, 4.69) is 46.8 Å². The van der Waals surface area contributed by atoms with Crippen molar-refractivity contribution >= 4 is 11.9 Å². The maximum atomic E-state index is 12.9. The van der Waals surface area contributed by atoms with Gasteiger partial charge in [0.15, 0.2) is 0 Å². The molecular weight excluding hydrogens is 315 g/mol. The molecule has 5 heteroatoms. The number of benzene rings is 2. The minimum atomic E-state index is -0.265. The number of halogens is 1. The quantitative estimate of drug-likeness (QED) is 0.553. The van der Waals surface area contributed by atoms with Crippen LogP contribution < -0.4 is 5.43 Å². The van der Waals surface area contributed by atoms with Crippen molar-refractivity contribution in [1.29, 1.82) is 0 Å². The average Bonchev–Trinajstić information content (AvgIpc) is 2.86. The lowest BCUT2D eigenvalue weighted by molar-refractivity contribution is 0.628. The van der Waals surface area contributed by atoms with Gasteiger partial charge in [0.1, 0.15) is 5.82 Å². The highest BCUT2D eigenvalue weighted by Gasteiger charge is 2.10. The fourth-order valence-electron chi connectivity index (χ4n) is 2.61. The Labute approximate surface area is 147 Å². The largest absolute Gasteiger partial charge is 0.278 e. The molecule has 1 N–H and O–H groups in total. The van der Waals surface area contributed by atoms with Crippen LogP contribution in [-0.4, -0.2) is 16.0 Å². The summed E-state index contributed by atoms with van der Waals surface area (Å²) in [5, 5.41) is 8.86. The minimum Gasteiger partial charge on any atom is -0.278 e. The van der Waals surface area contributed by atoms with Crippen LogP contribution in [0.4, 0.5) is 10.1 Å². The van der Waals surface area contributed by atoms with Crippen molar-refractivity contribution in [1.82, 2.24) is 9.78 Å². The lowest BCUT2D eigenvalue weighted by Crippen LogP contribution is -2.04. The second-order valence-corrected chi connectivity index (χ2v) is 6.10. The van der Waals surface area contributed by atoms with Crippen molar-refractivity contribution in [2.45, 2.75) is 27.3 Å². The Morgan fingerprint density at radius 3 is 2.40 bits per heavy atom. The normalized spacial score (nSPS) is 11.2. The van der Waals surface area contributed by atoms with E-state index in [1.54, 1.807) is 18.3 Å². The van der Waals surface area contributed by atoms with E-state index in [4.69, 9.17) is 0 Å². The summed E-state index contributed by atoms with van der Waals surface area (Å²) < 4.78 is 14.9. The summed E-state index contributed by atoms with van der Waals surface area (Å²) >= 11 is 0. The third-order valence-corrected chi connectivity index (χ3v) is 4.12. The van der Waals surface area contributed by atoms with Gasteiger partial charge in [0.05, 0.1) is 24.1 Å². The number of nitrogens with zero attached hydrogens (tertiary/aromatic N) is 3. The number of aromatic nitrogens is 2. The molecule has 0 spiro atoms. The summed E-state index contributed by atoms with van der Waals surface area (Å²) in [6.07, 6.45) is 1.76. The molecular formula is C20H21FN4. The number of aryl methyl sites for hydroxylation is 2. The molecule has 0 fully saturated rings. The zero-order chi connectivity index (χ0) is 17.8. The van der Waals surface area contributed by atoms with Crippen LogP contribution in [0.25, 0.3) is 0 Å². The molecule has 0 amide bonds. The predicted octanol–water partition coefficient (Wildman–Crippen LogP) is 4.44. The first-order valence-electron chi connectivity index (χ1n) is 8.17. The number of hydrogen-bond acceptors (Lipinski definition) is 3. The van der Waals surface area contributed by atoms with Crippen molar-refractivity contribution in [2.24, 2.45) is 5.10 Å². The van der Waals surface area contributed by atoms with E-state index in [-0.39, 0.29) is 5.82 Å². The molecule has 0 bridgehead atoms. The van der Waals surface area contributed by atoms with Gasteiger partial charge < -0.3 is 0 Å². The van der Waals surface area contributed by atoms with Crippen molar-refractivity contribution in [3.63, 3.8) is 0 Å². The Morgan fingerprint density at radius 1 is 1.04 bits per heavy atom. The van der Waals surface area contributed by atoms with Crippen LogP contribution >= 0.6 is 0 Å². The van der Waals surface area contributed by atoms with Crippen molar-refractivity contribution in [3.8, 4) is 0 Å². The Morgan fingerprint density at radius 2 is 1.72 bits per heavy atom. The van der Waals surface area contributed by atoms with Gasteiger partial charge >= 0.3 is 0 Å². The zero-order valence-corrected chi connectivity index (χ0v) is 14.6. The van der Waals surface area contributed by atoms with Gasteiger partial charge in [-0.15, -0.1) is 0 Å². The van der Waals surface area contributed by atoms with Crippen LogP contribution in [0, 0.1) is 26.6 Å². The van der Waals surface area contributed by atoms with E-state index in [1.807, 2.05) is 18.5 Å². The average molecular weight is 336 g/mol. The molecule has 4 nitrogen and oxygen atoms in total. The monoisotopic (exact) mass is 336 g/mol. The first kappa shape index (κ1) is 16.9. The standard InChI is InChI=1S/C20H21FN4/c1-14-4-6-17(7-5-14)13-25-16(3)20(15(2)24-25)12-22-23-19-10-8-18(21)9-11-19/h4-12,23H,13H2,1-3H3/b22-12+. The molecule has 128 valence electrons. The molecule has 1 heterocycles. The minimum absolute atomic E-state index is 0.265. The summed E-state index contributed by atoms with van der Waals surface area (Å²) in [4.78, 5) is 0. The summed E-state index contributed by atoms with van der Waals surface area (Å²) in [7, 11) is 0. The first-order chi connectivity index (χ1) is 12.0. The topological polar surface area (TPSA) is 42.2 Å². The summed E-state index contributed by atoms with van der Waals surface area (Å²) in [5.41, 5.74) is 9.07. The first-order valence-corrected chi connectivity index (χ1v) is 8.17. The predicted molar refractivity (Wildman–Crippen MR) is 99.6 cm³/mol. The van der Waals surface area contributed by atoms with Crippen LogP contribution in [-0.2, 0) is 6.54 Å². The number of anilines is 1. The van der Waals surface area contributed by atoms with Gasteiger partial charge in [-0.05, 0) is 50.6 Å². The zero-order valence-electron chi connectivity index (χ0n) is 14.6. The number of nitrogens with one attached hydrogen (secondary N) is 1. The second kappa shape index (κ2) is 7.30. The second-order valence-electron chi connectivity index (χ2n) is 6.10. The van der Waals surface area contributed by atoms with Gasteiger partial charge in [-0.25, -0.2) is 4.39 Å². The maximum Gasteiger partial charge on any atom is 0.123 e. The number of rotatable bonds is 5. The molecule has 0 aliphatic heterocycles. The molecule has 3 rings (SSSR count). The molecule has 3 aromatic rings. The lowest BCUT2D eigenvalue weighted by atomic mass is 10.1. The van der Waals surface area contributed by atoms with Gasteiger partial charge in [0.25, 0.3) is 0 Å². The summed E-state index contributed by atoms with van der Waals surface area (Å²) in [6.45, 7) is 6.81. The summed E-state index contributed by atoms with van der Waals surface area (Å²) in [6, 6.07) is 14.5. The highest BCUT2D eigenvalue weighted by Crippen LogP contribution is 2.14. The van der Waals surface area contributed by atoms with Crippen LogP contribution in [0.15, 0.2) is 53.6 Å². The highest BCUT2D eigenvalue weighted by molar-refractivity contribution is 5.83. The van der Waals surface area contributed by atoms with Gasteiger partial charge in [-0.2, -0.15) is 10.2 Å². The van der Waals surface area contributed by atoms with Gasteiger partial charge in [-0.1, -0.05) is 29.8 Å². The SMILES string of the molecule is Cc1ccc(Cn2nc(C)c(/C=N/Nc3ccc(F)cc3)c2C)cc1. The Hall–Kier alpha value is -2.95. The van der Waals surface area contributed by atoms with Gasteiger partial charge in [-0.3, -0.25) is 10.1 Å². The third kappa shape index (κ3) is 4.12. The van der Waals surface area contributed by atoms with Crippen LogP contribution in [0.2, 0.25) is 0 Å². The van der Waals surface area contributed by atoms with Crippen LogP contribution in [0.1, 0.15) is 28.1 Å². The molecule has 0 aliphatic rings. The van der Waals surface area contributed by atoms with E-state index in [9.17, 15) is 4.39 Å². The number of hydrazone groups is 1. The molecule has 0 saturated heterocycles. The van der Waals surface area contributed by atoms with E-state index in [0.29, 0.717) is 0 Å². The Bertz CT molecular complexity index is 877. The fraction of sp³-hybridized carbons (Fsp3) is 0.200. The van der Waals surface area contributed by atoms with E-state index in [0.717, 1.165) is 29.2 Å².